The zero-order valence-electron chi connectivity index (χ0n) is 12.9. The van der Waals surface area contributed by atoms with Crippen LogP contribution in [0.2, 0.25) is 0 Å². The lowest BCUT2D eigenvalue weighted by Gasteiger charge is -2.39. The molecule has 4 nitrogen and oxygen atoms in total. The van der Waals surface area contributed by atoms with Crippen molar-refractivity contribution in [1.29, 1.82) is 0 Å². The Hall–Kier alpha value is -1.68. The van der Waals surface area contributed by atoms with Gasteiger partial charge in [0.15, 0.2) is 11.5 Å². The Morgan fingerprint density at radius 1 is 1.19 bits per heavy atom. The summed E-state index contributed by atoms with van der Waals surface area (Å²) in [7, 11) is 5.45. The average Bonchev–Trinajstić information content (AvgIpc) is 2.85. The third-order valence-electron chi connectivity index (χ3n) is 5.09. The molecule has 1 saturated heterocycles. The first-order valence-corrected chi connectivity index (χ1v) is 7.43. The highest BCUT2D eigenvalue weighted by molar-refractivity contribution is 5.47. The number of hydrogen-bond acceptors (Lipinski definition) is 4. The summed E-state index contributed by atoms with van der Waals surface area (Å²) in [6.45, 7) is 1.04. The van der Waals surface area contributed by atoms with Gasteiger partial charge >= 0.3 is 0 Å². The van der Waals surface area contributed by atoms with Crippen LogP contribution < -0.4 is 9.47 Å². The van der Waals surface area contributed by atoms with Crippen LogP contribution >= 0.6 is 0 Å². The molecule has 0 amide bonds. The van der Waals surface area contributed by atoms with E-state index in [2.05, 4.69) is 24.1 Å². The van der Waals surface area contributed by atoms with Crippen LogP contribution in [-0.4, -0.2) is 43.9 Å². The summed E-state index contributed by atoms with van der Waals surface area (Å²) >= 11 is 0. The number of ether oxygens (including phenoxy) is 2. The number of likely N-dealkylation sites (N-methyl/N-ethyl adjacent to an activating group) is 1. The van der Waals surface area contributed by atoms with Gasteiger partial charge in [-0.1, -0.05) is 6.07 Å². The Labute approximate surface area is 126 Å². The van der Waals surface area contributed by atoms with Crippen molar-refractivity contribution in [2.75, 3.05) is 27.8 Å². The number of nitrogens with zero attached hydrogens (tertiary/aromatic N) is 1. The van der Waals surface area contributed by atoms with Gasteiger partial charge in [0.2, 0.25) is 0 Å². The van der Waals surface area contributed by atoms with E-state index in [4.69, 9.17) is 9.47 Å². The lowest BCUT2D eigenvalue weighted by Crippen LogP contribution is -2.42. The fourth-order valence-corrected chi connectivity index (χ4v) is 3.87. The molecule has 0 saturated carbocycles. The molecule has 0 spiro atoms. The number of allylic oxidation sites excluding steroid dienone is 1. The molecule has 2 aliphatic rings. The van der Waals surface area contributed by atoms with Crippen molar-refractivity contribution in [3.8, 4) is 11.5 Å². The second-order valence-electron chi connectivity index (χ2n) is 6.06. The highest BCUT2D eigenvalue weighted by Gasteiger charge is 2.48. The van der Waals surface area contributed by atoms with Gasteiger partial charge in [-0.3, -0.25) is 4.90 Å². The first-order chi connectivity index (χ1) is 10.1. The number of methoxy groups -OCH3 is 2. The minimum Gasteiger partial charge on any atom is -0.513 e. The zero-order valence-corrected chi connectivity index (χ0v) is 12.9. The van der Waals surface area contributed by atoms with Crippen molar-refractivity contribution < 1.29 is 14.6 Å². The largest absolute Gasteiger partial charge is 0.513 e. The minimum absolute atomic E-state index is 0.0700. The molecule has 1 aromatic rings. The SMILES string of the molecule is COc1ccc([C@@]23CCC(O)=C[C@@H]2N(C)CC3)cc1OC. The highest BCUT2D eigenvalue weighted by atomic mass is 16.5. The summed E-state index contributed by atoms with van der Waals surface area (Å²) in [6.07, 6.45) is 4.85. The Morgan fingerprint density at radius 3 is 2.67 bits per heavy atom. The Balaban J connectivity index is 2.06. The Bertz CT molecular complexity index is 569. The van der Waals surface area contributed by atoms with Crippen LogP contribution in [0.3, 0.4) is 0 Å². The van der Waals surface area contributed by atoms with E-state index in [-0.39, 0.29) is 11.5 Å². The van der Waals surface area contributed by atoms with Gasteiger partial charge in [-0.2, -0.15) is 0 Å². The predicted octanol–water partition coefficient (Wildman–Crippen LogP) is 2.88. The lowest BCUT2D eigenvalue weighted by molar-refractivity contribution is 0.236. The van der Waals surface area contributed by atoms with Gasteiger partial charge in [-0.05, 0) is 50.2 Å². The van der Waals surface area contributed by atoms with Crippen LogP contribution in [0.15, 0.2) is 30.0 Å². The van der Waals surface area contributed by atoms with Crippen LogP contribution in [0.4, 0.5) is 0 Å². The molecule has 114 valence electrons. The van der Waals surface area contributed by atoms with Gasteiger partial charge in [0.25, 0.3) is 0 Å². The van der Waals surface area contributed by atoms with Crippen molar-refractivity contribution in [2.24, 2.45) is 0 Å². The van der Waals surface area contributed by atoms with E-state index in [9.17, 15) is 5.11 Å². The van der Waals surface area contributed by atoms with Crippen molar-refractivity contribution in [3.63, 3.8) is 0 Å². The van der Waals surface area contributed by atoms with Crippen LogP contribution in [0.5, 0.6) is 11.5 Å². The van der Waals surface area contributed by atoms with E-state index in [0.29, 0.717) is 5.76 Å². The second-order valence-corrected chi connectivity index (χ2v) is 6.06. The van der Waals surface area contributed by atoms with E-state index < -0.39 is 0 Å². The standard InChI is InChI=1S/C17H23NO3/c1-18-9-8-17(7-6-13(19)11-16(17)18)12-4-5-14(20-2)15(10-12)21-3/h4-5,10-11,16,19H,6-9H2,1-3H3/t16-,17-/m0/s1. The summed E-state index contributed by atoms with van der Waals surface area (Å²) in [5.74, 6) is 2.05. The molecule has 1 aliphatic carbocycles. The fraction of sp³-hybridized carbons (Fsp3) is 0.529. The van der Waals surface area contributed by atoms with Crippen LogP contribution in [0.1, 0.15) is 24.8 Å². The maximum absolute atomic E-state index is 9.91. The van der Waals surface area contributed by atoms with Crippen LogP contribution in [-0.2, 0) is 5.41 Å². The average molecular weight is 289 g/mol. The van der Waals surface area contributed by atoms with Crippen molar-refractivity contribution in [3.05, 3.63) is 35.6 Å². The third kappa shape index (κ3) is 2.18. The van der Waals surface area contributed by atoms with E-state index in [0.717, 1.165) is 37.3 Å². The van der Waals surface area contributed by atoms with Crippen molar-refractivity contribution in [1.82, 2.24) is 4.90 Å². The molecule has 4 heteroatoms. The highest BCUT2D eigenvalue weighted by Crippen LogP contribution is 2.48. The van der Waals surface area contributed by atoms with Gasteiger partial charge < -0.3 is 14.6 Å². The van der Waals surface area contributed by atoms with E-state index >= 15 is 0 Å². The molecule has 1 heterocycles. The summed E-state index contributed by atoms with van der Waals surface area (Å²) in [4.78, 5) is 2.33. The topological polar surface area (TPSA) is 41.9 Å². The molecule has 1 aliphatic heterocycles. The van der Waals surface area contributed by atoms with Gasteiger partial charge in [-0.25, -0.2) is 0 Å². The fourth-order valence-electron chi connectivity index (χ4n) is 3.87. The first-order valence-electron chi connectivity index (χ1n) is 7.43. The number of aliphatic hydroxyl groups excluding tert-OH is 1. The molecule has 1 aromatic carbocycles. The summed E-state index contributed by atoms with van der Waals surface area (Å²) < 4.78 is 10.8. The zero-order chi connectivity index (χ0) is 15.0. The van der Waals surface area contributed by atoms with Crippen molar-refractivity contribution >= 4 is 0 Å². The quantitative estimate of drug-likeness (QED) is 0.929. The molecule has 1 fully saturated rings. The second kappa shape index (κ2) is 5.26. The smallest absolute Gasteiger partial charge is 0.161 e. The lowest BCUT2D eigenvalue weighted by atomic mass is 9.68. The summed E-state index contributed by atoms with van der Waals surface area (Å²) in [6, 6.07) is 6.48. The summed E-state index contributed by atoms with van der Waals surface area (Å²) in [5, 5.41) is 9.91. The van der Waals surface area contributed by atoms with Crippen LogP contribution in [0, 0.1) is 0 Å². The molecule has 0 radical (unpaired) electrons. The van der Waals surface area contributed by atoms with Crippen molar-refractivity contribution in [2.45, 2.75) is 30.7 Å². The maximum Gasteiger partial charge on any atom is 0.161 e. The number of likely N-dealkylation sites (tertiary alicyclic amines) is 1. The summed E-state index contributed by atoms with van der Waals surface area (Å²) in [5.41, 5.74) is 1.35. The molecular weight excluding hydrogens is 266 g/mol. The number of benzene rings is 1. The molecule has 21 heavy (non-hydrogen) atoms. The molecule has 0 aromatic heterocycles. The van der Waals surface area contributed by atoms with Gasteiger partial charge in [0.1, 0.15) is 0 Å². The third-order valence-corrected chi connectivity index (χ3v) is 5.09. The van der Waals surface area contributed by atoms with Gasteiger partial charge in [-0.15, -0.1) is 0 Å². The number of fused-ring (bicyclic) bond motifs is 1. The molecule has 2 atom stereocenters. The van der Waals surface area contributed by atoms with E-state index in [1.165, 1.54) is 5.56 Å². The predicted molar refractivity (Wildman–Crippen MR) is 82.2 cm³/mol. The first kappa shape index (κ1) is 14.3. The molecular formula is C17H23NO3. The normalized spacial score (nSPS) is 28.9. The van der Waals surface area contributed by atoms with Crippen LogP contribution in [0.25, 0.3) is 0 Å². The number of rotatable bonds is 3. The van der Waals surface area contributed by atoms with Gasteiger partial charge in [0.05, 0.1) is 20.0 Å². The van der Waals surface area contributed by atoms with Gasteiger partial charge in [0, 0.05) is 17.9 Å². The Kier molecular flexibility index (Phi) is 3.57. The molecule has 0 bridgehead atoms. The number of hydrogen-bond donors (Lipinski definition) is 1. The van der Waals surface area contributed by atoms with E-state index in [1.807, 2.05) is 12.1 Å². The van der Waals surface area contributed by atoms with E-state index in [1.54, 1.807) is 14.2 Å². The number of aliphatic hydroxyl groups is 1. The molecule has 1 N–H and O–H groups in total. The maximum atomic E-state index is 9.91. The monoisotopic (exact) mass is 289 g/mol. The minimum atomic E-state index is 0.0700. The molecule has 3 rings (SSSR count). The molecule has 0 unspecified atom stereocenters. The Morgan fingerprint density at radius 2 is 1.95 bits per heavy atom.